The molecule has 13 nitrogen and oxygen atoms in total. The third-order valence-electron chi connectivity index (χ3n) is 4.30. The highest BCUT2D eigenvalue weighted by molar-refractivity contribution is 7.98. The van der Waals surface area contributed by atoms with Crippen LogP contribution in [-0.2, 0) is 28.8 Å². The summed E-state index contributed by atoms with van der Waals surface area (Å²) >= 11 is 1.41. The minimum atomic E-state index is -1.27. The van der Waals surface area contributed by atoms with E-state index in [4.69, 9.17) is 16.6 Å². The number of aliphatic carboxylic acids is 2. The average molecular weight is 478 g/mol. The highest BCUT2D eigenvalue weighted by atomic mass is 32.2. The summed E-state index contributed by atoms with van der Waals surface area (Å²) in [5, 5.41) is 24.9. The molecule has 14 heteroatoms. The number of nitrogens with two attached hydrogens (primary N) is 2. The van der Waals surface area contributed by atoms with Crippen LogP contribution in [-0.4, -0.2) is 82.0 Å². The zero-order valence-electron chi connectivity index (χ0n) is 18.0. The summed E-state index contributed by atoms with van der Waals surface area (Å²) in [6.07, 6.45) is 1.02. The summed E-state index contributed by atoms with van der Waals surface area (Å²) in [4.78, 5) is 70.0. The van der Waals surface area contributed by atoms with Gasteiger partial charge in [0.05, 0.1) is 6.04 Å². The van der Waals surface area contributed by atoms with Crippen LogP contribution in [0.2, 0.25) is 0 Å². The first-order valence-corrected chi connectivity index (χ1v) is 11.2. The van der Waals surface area contributed by atoms with Crippen molar-refractivity contribution < 1.29 is 39.0 Å². The molecule has 9 N–H and O–H groups in total. The monoisotopic (exact) mass is 477 g/mol. The van der Waals surface area contributed by atoms with E-state index < -0.39 is 59.7 Å². The molecule has 0 heterocycles. The number of thioether (sulfide) groups is 1. The molecule has 0 bridgehead atoms. The van der Waals surface area contributed by atoms with Crippen LogP contribution in [0.1, 0.15) is 39.0 Å². The summed E-state index contributed by atoms with van der Waals surface area (Å²) in [7, 11) is 0. The van der Waals surface area contributed by atoms with Gasteiger partial charge in [-0.25, -0.2) is 4.79 Å². The van der Waals surface area contributed by atoms with Crippen LogP contribution in [0.15, 0.2) is 0 Å². The van der Waals surface area contributed by atoms with Crippen molar-refractivity contribution in [1.29, 1.82) is 0 Å². The summed E-state index contributed by atoms with van der Waals surface area (Å²) in [5.41, 5.74) is 10.7. The highest BCUT2D eigenvalue weighted by Crippen LogP contribution is 2.04. The summed E-state index contributed by atoms with van der Waals surface area (Å²) in [6.45, 7) is 1.33. The quantitative estimate of drug-likeness (QED) is 0.126. The Morgan fingerprint density at radius 1 is 0.844 bits per heavy atom. The lowest BCUT2D eigenvalue weighted by Gasteiger charge is -2.23. The van der Waals surface area contributed by atoms with Crippen LogP contribution in [0.25, 0.3) is 0 Å². The molecule has 0 saturated carbocycles. The van der Waals surface area contributed by atoms with Gasteiger partial charge in [0.2, 0.25) is 23.6 Å². The molecule has 0 rings (SSSR count). The molecule has 0 fully saturated rings. The molecule has 0 aliphatic heterocycles. The molecule has 0 aliphatic carbocycles. The Balaban J connectivity index is 5.08. The van der Waals surface area contributed by atoms with Gasteiger partial charge in [-0.3, -0.25) is 24.0 Å². The maximum Gasteiger partial charge on any atom is 0.326 e. The number of amides is 4. The van der Waals surface area contributed by atoms with Crippen molar-refractivity contribution in [2.24, 2.45) is 11.5 Å². The molecule has 0 aliphatic rings. The van der Waals surface area contributed by atoms with Crippen molar-refractivity contribution in [1.82, 2.24) is 16.0 Å². The van der Waals surface area contributed by atoms with Crippen LogP contribution < -0.4 is 27.4 Å². The van der Waals surface area contributed by atoms with Gasteiger partial charge >= 0.3 is 11.9 Å². The van der Waals surface area contributed by atoms with Crippen LogP contribution in [0, 0.1) is 0 Å². The van der Waals surface area contributed by atoms with Crippen molar-refractivity contribution in [2.45, 2.75) is 63.2 Å². The molecule has 32 heavy (non-hydrogen) atoms. The van der Waals surface area contributed by atoms with Gasteiger partial charge in [-0.2, -0.15) is 11.8 Å². The molecule has 0 saturated heterocycles. The van der Waals surface area contributed by atoms with E-state index in [9.17, 15) is 33.9 Å². The lowest BCUT2D eigenvalue weighted by molar-refractivity contribution is -0.142. The Morgan fingerprint density at radius 3 is 1.94 bits per heavy atom. The zero-order valence-corrected chi connectivity index (χ0v) is 18.8. The second kappa shape index (κ2) is 15.0. The van der Waals surface area contributed by atoms with Gasteiger partial charge in [-0.1, -0.05) is 0 Å². The maximum absolute atomic E-state index is 12.6. The third-order valence-corrected chi connectivity index (χ3v) is 4.94. The van der Waals surface area contributed by atoms with Crippen molar-refractivity contribution >= 4 is 47.3 Å². The number of carbonyl (C=O) groups is 6. The van der Waals surface area contributed by atoms with Gasteiger partial charge in [0.15, 0.2) is 0 Å². The van der Waals surface area contributed by atoms with Crippen LogP contribution >= 0.6 is 11.8 Å². The van der Waals surface area contributed by atoms with E-state index in [0.717, 1.165) is 0 Å². The molecule has 0 aromatic carbocycles. The molecular weight excluding hydrogens is 446 g/mol. The Kier molecular flexibility index (Phi) is 13.7. The van der Waals surface area contributed by atoms with E-state index >= 15 is 0 Å². The minimum Gasteiger partial charge on any atom is -0.481 e. The Bertz CT molecular complexity index is 705. The fourth-order valence-electron chi connectivity index (χ4n) is 2.41. The lowest BCUT2D eigenvalue weighted by Crippen LogP contribution is -2.56. The number of rotatable bonds is 16. The number of carboxylic acids is 2. The molecule has 182 valence electrons. The van der Waals surface area contributed by atoms with Crippen molar-refractivity contribution in [3.05, 3.63) is 0 Å². The fourth-order valence-corrected chi connectivity index (χ4v) is 2.88. The molecule has 0 aromatic rings. The van der Waals surface area contributed by atoms with Gasteiger partial charge in [-0.05, 0) is 38.2 Å². The minimum absolute atomic E-state index is 0.170. The number of nitrogens with one attached hydrogen (secondary N) is 3. The van der Waals surface area contributed by atoms with E-state index in [1.165, 1.54) is 18.7 Å². The summed E-state index contributed by atoms with van der Waals surface area (Å²) in [6, 6.07) is -4.75. The first-order valence-electron chi connectivity index (χ1n) is 9.77. The maximum atomic E-state index is 12.6. The van der Waals surface area contributed by atoms with Gasteiger partial charge in [0.25, 0.3) is 0 Å². The molecule has 4 amide bonds. The zero-order chi connectivity index (χ0) is 24.8. The number of hydrogen-bond donors (Lipinski definition) is 7. The van der Waals surface area contributed by atoms with E-state index in [0.29, 0.717) is 5.75 Å². The fraction of sp³-hybridized carbons (Fsp3) is 0.667. The summed E-state index contributed by atoms with van der Waals surface area (Å²) in [5.74, 6) is -4.96. The average Bonchev–Trinajstić information content (AvgIpc) is 2.71. The van der Waals surface area contributed by atoms with Crippen molar-refractivity contribution in [3.63, 3.8) is 0 Å². The number of carbonyl (C=O) groups excluding carboxylic acids is 4. The predicted octanol–water partition coefficient (Wildman–Crippen LogP) is -2.24. The molecular formula is C18H31N5O8S. The summed E-state index contributed by atoms with van der Waals surface area (Å²) < 4.78 is 0. The van der Waals surface area contributed by atoms with Crippen LogP contribution in [0.4, 0.5) is 0 Å². The van der Waals surface area contributed by atoms with Gasteiger partial charge < -0.3 is 37.6 Å². The SMILES string of the molecule is CSCCC(NC(=O)C(C)NC(=O)C(CCC(N)=O)NC(=O)C(N)CCC(=O)O)C(=O)O. The first-order chi connectivity index (χ1) is 14.9. The largest absolute Gasteiger partial charge is 0.481 e. The highest BCUT2D eigenvalue weighted by Gasteiger charge is 2.28. The molecule has 0 spiro atoms. The second-order valence-electron chi connectivity index (χ2n) is 7.02. The molecule has 0 radical (unpaired) electrons. The number of carboxylic acid groups (broad SMARTS) is 2. The molecule has 4 unspecified atom stereocenters. The topological polar surface area (TPSA) is 231 Å². The smallest absolute Gasteiger partial charge is 0.326 e. The Morgan fingerprint density at radius 2 is 1.44 bits per heavy atom. The predicted molar refractivity (Wildman–Crippen MR) is 115 cm³/mol. The van der Waals surface area contributed by atoms with Gasteiger partial charge in [0, 0.05) is 12.8 Å². The third kappa shape index (κ3) is 12.1. The Hall–Kier alpha value is -2.87. The van der Waals surface area contributed by atoms with Crippen molar-refractivity contribution in [3.8, 4) is 0 Å². The van der Waals surface area contributed by atoms with Gasteiger partial charge in [-0.15, -0.1) is 0 Å². The second-order valence-corrected chi connectivity index (χ2v) is 8.00. The Labute approximate surface area is 189 Å². The van der Waals surface area contributed by atoms with Crippen molar-refractivity contribution in [2.75, 3.05) is 12.0 Å². The van der Waals surface area contributed by atoms with E-state index in [1.807, 2.05) is 0 Å². The van der Waals surface area contributed by atoms with E-state index in [1.54, 1.807) is 6.26 Å². The van der Waals surface area contributed by atoms with E-state index in [2.05, 4.69) is 16.0 Å². The molecule has 4 atom stereocenters. The first kappa shape index (κ1) is 29.1. The lowest BCUT2D eigenvalue weighted by atomic mass is 10.1. The normalized spacial score (nSPS) is 14.3. The number of primary amides is 1. The standard InChI is InChI=1S/C18H31N5O8S/c1-9(15(27)23-12(18(30)31)7-8-32-2)21-17(29)11(4-5-13(20)24)22-16(28)10(19)3-6-14(25)26/h9-12H,3-8,19H2,1-2H3,(H2,20,24)(H,21,29)(H,22,28)(H,23,27)(H,25,26)(H,30,31). The van der Waals surface area contributed by atoms with Gasteiger partial charge in [0.1, 0.15) is 18.1 Å². The van der Waals surface area contributed by atoms with E-state index in [-0.39, 0.29) is 32.1 Å². The molecule has 0 aromatic heterocycles. The van der Waals surface area contributed by atoms with Crippen LogP contribution in [0.5, 0.6) is 0 Å². The van der Waals surface area contributed by atoms with Crippen LogP contribution in [0.3, 0.4) is 0 Å². The number of hydrogen-bond acceptors (Lipinski definition) is 8.